The summed E-state index contributed by atoms with van der Waals surface area (Å²) in [6.45, 7) is 3.71. The highest BCUT2D eigenvalue weighted by molar-refractivity contribution is 7.22. The van der Waals surface area contributed by atoms with Gasteiger partial charge in [-0.3, -0.25) is 0 Å². The van der Waals surface area contributed by atoms with Crippen LogP contribution in [-0.4, -0.2) is 10.1 Å². The number of nitrogens with zero attached hydrogens (tertiary/aromatic N) is 2. The molecule has 92 valence electrons. The van der Waals surface area contributed by atoms with Gasteiger partial charge in [0.05, 0.1) is 10.4 Å². The topological polar surface area (TPSA) is 64.9 Å². The molecular formula is C13H13N3OS. The minimum absolute atomic E-state index is 0.523. The number of aromatic nitrogens is 2. The van der Waals surface area contributed by atoms with Crippen molar-refractivity contribution < 1.29 is 4.52 Å². The van der Waals surface area contributed by atoms with Crippen molar-refractivity contribution >= 4 is 21.4 Å². The lowest BCUT2D eigenvalue weighted by Gasteiger charge is -2.11. The van der Waals surface area contributed by atoms with Gasteiger partial charge in [-0.1, -0.05) is 23.4 Å². The van der Waals surface area contributed by atoms with Crippen molar-refractivity contribution in [1.29, 1.82) is 0 Å². The number of rotatable bonds is 2. The van der Waals surface area contributed by atoms with Gasteiger partial charge in [-0.25, -0.2) is 0 Å². The summed E-state index contributed by atoms with van der Waals surface area (Å²) < 4.78 is 6.48. The minimum atomic E-state index is -0.585. The second-order valence-electron chi connectivity index (χ2n) is 4.79. The average molecular weight is 259 g/mol. The van der Waals surface area contributed by atoms with Gasteiger partial charge in [0.2, 0.25) is 0 Å². The van der Waals surface area contributed by atoms with Crippen LogP contribution < -0.4 is 5.73 Å². The van der Waals surface area contributed by atoms with Gasteiger partial charge in [-0.2, -0.15) is 4.98 Å². The maximum atomic E-state index is 5.94. The lowest BCUT2D eigenvalue weighted by Crippen LogP contribution is -2.30. The normalized spacial score (nSPS) is 12.2. The predicted molar refractivity (Wildman–Crippen MR) is 72.3 cm³/mol. The lowest BCUT2D eigenvalue weighted by atomic mass is 10.1. The van der Waals surface area contributed by atoms with Crippen LogP contribution in [0.5, 0.6) is 0 Å². The molecule has 18 heavy (non-hydrogen) atoms. The van der Waals surface area contributed by atoms with Crippen LogP contribution in [0.3, 0.4) is 0 Å². The Labute approximate surface area is 108 Å². The molecule has 2 N–H and O–H groups in total. The lowest BCUT2D eigenvalue weighted by molar-refractivity contribution is 0.397. The zero-order chi connectivity index (χ0) is 12.8. The summed E-state index contributed by atoms with van der Waals surface area (Å²) in [5.74, 6) is 1.06. The van der Waals surface area contributed by atoms with Crippen molar-refractivity contribution in [3.05, 3.63) is 36.2 Å². The molecule has 1 aromatic carbocycles. The molecule has 0 spiro atoms. The zero-order valence-electron chi connectivity index (χ0n) is 10.2. The highest BCUT2D eigenvalue weighted by atomic mass is 32.1. The van der Waals surface area contributed by atoms with Gasteiger partial charge >= 0.3 is 0 Å². The molecule has 0 radical (unpaired) electrons. The number of hydrogen-bond donors (Lipinski definition) is 1. The van der Waals surface area contributed by atoms with Gasteiger partial charge in [0.1, 0.15) is 0 Å². The molecule has 0 bridgehead atoms. The molecule has 0 atom stereocenters. The van der Waals surface area contributed by atoms with Crippen LogP contribution in [0.2, 0.25) is 0 Å². The Morgan fingerprint density at radius 2 is 2.06 bits per heavy atom. The Bertz CT molecular complexity index is 660. The molecule has 0 aliphatic rings. The van der Waals surface area contributed by atoms with Crippen molar-refractivity contribution in [3.63, 3.8) is 0 Å². The fourth-order valence-electron chi connectivity index (χ4n) is 1.67. The van der Waals surface area contributed by atoms with Crippen molar-refractivity contribution in [1.82, 2.24) is 10.1 Å². The highest BCUT2D eigenvalue weighted by Crippen LogP contribution is 2.32. The van der Waals surface area contributed by atoms with Crippen LogP contribution in [0.15, 0.2) is 34.9 Å². The first-order valence-electron chi connectivity index (χ1n) is 5.66. The number of nitrogens with two attached hydrogens (primary N) is 1. The molecule has 0 amide bonds. The molecular weight excluding hydrogens is 246 g/mol. The fourth-order valence-corrected chi connectivity index (χ4v) is 2.66. The summed E-state index contributed by atoms with van der Waals surface area (Å²) in [7, 11) is 0. The Kier molecular flexibility index (Phi) is 2.46. The largest absolute Gasteiger partial charge is 0.333 e. The highest BCUT2D eigenvalue weighted by Gasteiger charge is 2.22. The molecule has 0 aliphatic heterocycles. The van der Waals surface area contributed by atoms with Gasteiger partial charge in [0.15, 0.2) is 5.82 Å². The standard InChI is InChI=1S/C13H13N3OS/c1-13(2,14)12-15-11(17-16-12)10-7-8-5-3-4-6-9(8)18-10/h3-7H,14H2,1-2H3. The third-order valence-corrected chi connectivity index (χ3v) is 3.74. The van der Waals surface area contributed by atoms with Gasteiger partial charge < -0.3 is 10.3 Å². The van der Waals surface area contributed by atoms with Crippen LogP contribution in [0.25, 0.3) is 20.9 Å². The van der Waals surface area contributed by atoms with Gasteiger partial charge in [0.25, 0.3) is 5.89 Å². The van der Waals surface area contributed by atoms with Gasteiger partial charge in [-0.15, -0.1) is 11.3 Å². The van der Waals surface area contributed by atoms with E-state index in [4.69, 9.17) is 10.3 Å². The third-order valence-electron chi connectivity index (χ3n) is 2.64. The second-order valence-corrected chi connectivity index (χ2v) is 5.88. The number of benzene rings is 1. The Morgan fingerprint density at radius 3 is 2.72 bits per heavy atom. The zero-order valence-corrected chi connectivity index (χ0v) is 11.0. The van der Waals surface area contributed by atoms with Crippen LogP contribution in [0, 0.1) is 0 Å². The van der Waals surface area contributed by atoms with Crippen LogP contribution in [0.1, 0.15) is 19.7 Å². The minimum Gasteiger partial charge on any atom is -0.333 e. The fraction of sp³-hybridized carbons (Fsp3) is 0.231. The van der Waals surface area contributed by atoms with Crippen LogP contribution >= 0.6 is 11.3 Å². The first-order valence-corrected chi connectivity index (χ1v) is 6.48. The maximum absolute atomic E-state index is 5.94. The van der Waals surface area contributed by atoms with Gasteiger partial charge in [0, 0.05) is 4.70 Å². The quantitative estimate of drug-likeness (QED) is 0.767. The van der Waals surface area contributed by atoms with Crippen LogP contribution in [0.4, 0.5) is 0 Å². The summed E-state index contributed by atoms with van der Waals surface area (Å²) in [5, 5.41) is 5.11. The summed E-state index contributed by atoms with van der Waals surface area (Å²) in [4.78, 5) is 5.33. The predicted octanol–water partition coefficient (Wildman–Crippen LogP) is 3.15. The van der Waals surface area contributed by atoms with E-state index < -0.39 is 5.54 Å². The Balaban J connectivity index is 2.06. The number of thiophene rings is 1. The molecule has 3 rings (SSSR count). The summed E-state index contributed by atoms with van der Waals surface area (Å²) in [6.07, 6.45) is 0. The van der Waals surface area contributed by atoms with Crippen molar-refractivity contribution in [3.8, 4) is 10.8 Å². The van der Waals surface area contributed by atoms with Crippen molar-refractivity contribution in [2.45, 2.75) is 19.4 Å². The molecule has 4 nitrogen and oxygen atoms in total. The number of fused-ring (bicyclic) bond motifs is 1. The van der Waals surface area contributed by atoms with E-state index in [2.05, 4.69) is 28.3 Å². The molecule has 0 saturated heterocycles. The Morgan fingerprint density at radius 1 is 1.28 bits per heavy atom. The molecule has 3 aromatic rings. The van der Waals surface area contributed by atoms with E-state index in [1.165, 1.54) is 10.1 Å². The molecule has 0 aliphatic carbocycles. The number of hydrogen-bond acceptors (Lipinski definition) is 5. The summed E-state index contributed by atoms with van der Waals surface area (Å²) >= 11 is 1.64. The molecule has 2 heterocycles. The van der Waals surface area contributed by atoms with E-state index in [1.807, 2.05) is 26.0 Å². The smallest absolute Gasteiger partial charge is 0.268 e. The molecule has 5 heteroatoms. The monoisotopic (exact) mass is 259 g/mol. The second kappa shape index (κ2) is 3.90. The van der Waals surface area contributed by atoms with Gasteiger partial charge in [-0.05, 0) is 31.4 Å². The molecule has 0 fully saturated rings. The van der Waals surface area contributed by atoms with E-state index in [-0.39, 0.29) is 0 Å². The van der Waals surface area contributed by atoms with Crippen molar-refractivity contribution in [2.75, 3.05) is 0 Å². The van der Waals surface area contributed by atoms with Crippen molar-refractivity contribution in [2.24, 2.45) is 5.73 Å². The van der Waals surface area contributed by atoms with E-state index in [1.54, 1.807) is 11.3 Å². The third kappa shape index (κ3) is 1.91. The van der Waals surface area contributed by atoms with Crippen LogP contribution in [-0.2, 0) is 5.54 Å². The first-order chi connectivity index (χ1) is 8.54. The SMILES string of the molecule is CC(C)(N)c1noc(-c2cc3ccccc3s2)n1. The molecule has 2 aromatic heterocycles. The van der Waals surface area contributed by atoms with E-state index in [9.17, 15) is 0 Å². The molecule has 0 unspecified atom stereocenters. The maximum Gasteiger partial charge on any atom is 0.268 e. The first kappa shape index (κ1) is 11.4. The summed E-state index contributed by atoms with van der Waals surface area (Å²) in [5.41, 5.74) is 5.36. The van der Waals surface area contributed by atoms with E-state index in [0.29, 0.717) is 11.7 Å². The van der Waals surface area contributed by atoms with E-state index >= 15 is 0 Å². The van der Waals surface area contributed by atoms with E-state index in [0.717, 1.165) is 4.88 Å². The Hall–Kier alpha value is -1.72. The summed E-state index contributed by atoms with van der Waals surface area (Å²) in [6, 6.07) is 10.2. The molecule has 0 saturated carbocycles. The average Bonchev–Trinajstić information content (AvgIpc) is 2.94.